The molecule has 1 atom stereocenters. The molecule has 1 aliphatic heterocycles. The Labute approximate surface area is 114 Å². The quantitative estimate of drug-likeness (QED) is 0.816. The fourth-order valence-electron chi connectivity index (χ4n) is 2.36. The standard InChI is InChI=1S/C15H23NOS/c1-3-8-16-14(7-10-18-2)12-4-5-15-13(11-12)6-9-17-15/h4-5,11,14,16H,3,6-10H2,1-2H3. The zero-order valence-corrected chi connectivity index (χ0v) is 12.2. The van der Waals surface area contributed by atoms with Crippen LogP contribution < -0.4 is 10.1 Å². The normalized spacial score (nSPS) is 15.2. The maximum Gasteiger partial charge on any atom is 0.122 e. The zero-order valence-electron chi connectivity index (χ0n) is 11.4. The molecule has 0 aliphatic carbocycles. The summed E-state index contributed by atoms with van der Waals surface area (Å²) in [4.78, 5) is 0. The van der Waals surface area contributed by atoms with Crippen LogP contribution in [-0.4, -0.2) is 25.2 Å². The van der Waals surface area contributed by atoms with E-state index in [-0.39, 0.29) is 0 Å². The average Bonchev–Trinajstić information content (AvgIpc) is 2.86. The Hall–Kier alpha value is -0.670. The molecule has 1 aliphatic rings. The van der Waals surface area contributed by atoms with E-state index < -0.39 is 0 Å². The Kier molecular flexibility index (Phi) is 5.39. The van der Waals surface area contributed by atoms with Gasteiger partial charge in [0.15, 0.2) is 0 Å². The van der Waals surface area contributed by atoms with Crippen molar-refractivity contribution < 1.29 is 4.74 Å². The van der Waals surface area contributed by atoms with E-state index in [9.17, 15) is 0 Å². The number of ether oxygens (including phenoxy) is 1. The van der Waals surface area contributed by atoms with E-state index in [4.69, 9.17) is 4.74 Å². The first kappa shape index (κ1) is 13.8. The topological polar surface area (TPSA) is 21.3 Å². The van der Waals surface area contributed by atoms with E-state index in [1.165, 1.54) is 29.7 Å². The number of benzene rings is 1. The van der Waals surface area contributed by atoms with Gasteiger partial charge in [-0.3, -0.25) is 0 Å². The molecule has 0 saturated carbocycles. The van der Waals surface area contributed by atoms with Crippen molar-refractivity contribution in [2.45, 2.75) is 32.2 Å². The highest BCUT2D eigenvalue weighted by atomic mass is 32.2. The van der Waals surface area contributed by atoms with Crippen molar-refractivity contribution in [1.29, 1.82) is 0 Å². The van der Waals surface area contributed by atoms with Crippen LogP contribution in [-0.2, 0) is 6.42 Å². The summed E-state index contributed by atoms with van der Waals surface area (Å²) in [5, 5.41) is 3.66. The van der Waals surface area contributed by atoms with E-state index in [0.717, 1.165) is 25.3 Å². The molecule has 100 valence electrons. The molecule has 3 heteroatoms. The van der Waals surface area contributed by atoms with Gasteiger partial charge in [-0.2, -0.15) is 11.8 Å². The lowest BCUT2D eigenvalue weighted by Gasteiger charge is -2.19. The van der Waals surface area contributed by atoms with E-state index in [1.807, 2.05) is 11.8 Å². The lowest BCUT2D eigenvalue weighted by molar-refractivity contribution is 0.356. The van der Waals surface area contributed by atoms with Crippen molar-refractivity contribution >= 4 is 11.8 Å². The molecule has 0 spiro atoms. The molecular formula is C15H23NOS. The molecule has 0 aromatic heterocycles. The Balaban J connectivity index is 2.08. The second-order valence-electron chi connectivity index (χ2n) is 4.75. The minimum absolute atomic E-state index is 0.489. The molecule has 18 heavy (non-hydrogen) atoms. The zero-order chi connectivity index (χ0) is 12.8. The van der Waals surface area contributed by atoms with Crippen molar-refractivity contribution in [3.05, 3.63) is 29.3 Å². The molecule has 0 saturated heterocycles. The Morgan fingerprint density at radius 2 is 2.33 bits per heavy atom. The number of hydrogen-bond acceptors (Lipinski definition) is 3. The summed E-state index contributed by atoms with van der Waals surface area (Å²) in [5.74, 6) is 2.28. The molecular weight excluding hydrogens is 242 g/mol. The molecule has 0 radical (unpaired) electrons. The summed E-state index contributed by atoms with van der Waals surface area (Å²) in [7, 11) is 0. The van der Waals surface area contributed by atoms with Crippen LogP contribution in [0.3, 0.4) is 0 Å². The van der Waals surface area contributed by atoms with E-state index in [2.05, 4.69) is 36.7 Å². The minimum Gasteiger partial charge on any atom is -0.493 e. The number of fused-ring (bicyclic) bond motifs is 1. The number of thioether (sulfide) groups is 1. The highest BCUT2D eigenvalue weighted by Crippen LogP contribution is 2.29. The second-order valence-corrected chi connectivity index (χ2v) is 5.74. The molecule has 1 heterocycles. The molecule has 0 fully saturated rings. The summed E-state index contributed by atoms with van der Waals surface area (Å²) in [5.41, 5.74) is 2.79. The first-order chi connectivity index (χ1) is 8.85. The van der Waals surface area contributed by atoms with Gasteiger partial charge in [-0.1, -0.05) is 19.1 Å². The second kappa shape index (κ2) is 7.05. The number of rotatable bonds is 7. The van der Waals surface area contributed by atoms with Crippen molar-refractivity contribution in [3.63, 3.8) is 0 Å². The van der Waals surface area contributed by atoms with Gasteiger partial charge >= 0.3 is 0 Å². The summed E-state index contributed by atoms with van der Waals surface area (Å²) >= 11 is 1.92. The fraction of sp³-hybridized carbons (Fsp3) is 0.600. The van der Waals surface area contributed by atoms with Gasteiger partial charge in [0.25, 0.3) is 0 Å². The third kappa shape index (κ3) is 3.42. The largest absolute Gasteiger partial charge is 0.493 e. The van der Waals surface area contributed by atoms with Gasteiger partial charge in [0.1, 0.15) is 5.75 Å². The Bertz CT molecular complexity index is 373. The van der Waals surface area contributed by atoms with Crippen molar-refractivity contribution in [2.75, 3.05) is 25.2 Å². The first-order valence-corrected chi connectivity index (χ1v) is 8.22. The molecule has 1 aromatic rings. The predicted molar refractivity (Wildman–Crippen MR) is 79.7 cm³/mol. The summed E-state index contributed by atoms with van der Waals surface area (Å²) in [6.45, 7) is 4.15. The van der Waals surface area contributed by atoms with Gasteiger partial charge in [0.05, 0.1) is 6.61 Å². The van der Waals surface area contributed by atoms with E-state index in [1.54, 1.807) is 0 Å². The van der Waals surface area contributed by atoms with Crippen LogP contribution in [0.25, 0.3) is 0 Å². The van der Waals surface area contributed by atoms with Crippen LogP contribution in [0, 0.1) is 0 Å². The van der Waals surface area contributed by atoms with Crippen LogP contribution in [0.2, 0.25) is 0 Å². The Morgan fingerprint density at radius 3 is 3.11 bits per heavy atom. The number of nitrogens with one attached hydrogen (secondary N) is 1. The molecule has 1 unspecified atom stereocenters. The van der Waals surface area contributed by atoms with Crippen LogP contribution in [0.1, 0.15) is 36.9 Å². The molecule has 2 rings (SSSR count). The maximum absolute atomic E-state index is 5.57. The molecule has 2 nitrogen and oxygen atoms in total. The highest BCUT2D eigenvalue weighted by Gasteiger charge is 2.16. The van der Waals surface area contributed by atoms with Gasteiger partial charge in [-0.15, -0.1) is 0 Å². The third-order valence-electron chi connectivity index (χ3n) is 3.37. The van der Waals surface area contributed by atoms with Crippen LogP contribution in [0.4, 0.5) is 0 Å². The van der Waals surface area contributed by atoms with Crippen molar-refractivity contribution in [2.24, 2.45) is 0 Å². The van der Waals surface area contributed by atoms with Crippen LogP contribution in [0.5, 0.6) is 5.75 Å². The molecule has 1 N–H and O–H groups in total. The van der Waals surface area contributed by atoms with Gasteiger partial charge in [0, 0.05) is 12.5 Å². The fourth-order valence-corrected chi connectivity index (χ4v) is 2.84. The maximum atomic E-state index is 5.57. The monoisotopic (exact) mass is 265 g/mol. The lowest BCUT2D eigenvalue weighted by atomic mass is 10.0. The van der Waals surface area contributed by atoms with Crippen molar-refractivity contribution in [1.82, 2.24) is 5.32 Å². The Morgan fingerprint density at radius 1 is 1.44 bits per heavy atom. The van der Waals surface area contributed by atoms with Gasteiger partial charge in [-0.25, -0.2) is 0 Å². The van der Waals surface area contributed by atoms with Crippen molar-refractivity contribution in [3.8, 4) is 5.75 Å². The van der Waals surface area contributed by atoms with Gasteiger partial charge in [-0.05, 0) is 48.6 Å². The first-order valence-electron chi connectivity index (χ1n) is 6.83. The number of hydrogen-bond donors (Lipinski definition) is 1. The third-order valence-corrected chi connectivity index (χ3v) is 4.01. The SMILES string of the molecule is CCCNC(CCSC)c1ccc2c(c1)CCO2. The summed E-state index contributed by atoms with van der Waals surface area (Å²) in [6.07, 6.45) is 5.62. The van der Waals surface area contributed by atoms with Crippen LogP contribution >= 0.6 is 11.8 Å². The molecule has 0 bridgehead atoms. The summed E-state index contributed by atoms with van der Waals surface area (Å²) in [6, 6.07) is 7.17. The van der Waals surface area contributed by atoms with Gasteiger partial charge in [0.2, 0.25) is 0 Å². The molecule has 0 amide bonds. The molecule has 1 aromatic carbocycles. The predicted octanol–water partition coefficient (Wildman–Crippen LogP) is 3.42. The van der Waals surface area contributed by atoms with E-state index in [0.29, 0.717) is 6.04 Å². The smallest absolute Gasteiger partial charge is 0.122 e. The van der Waals surface area contributed by atoms with E-state index >= 15 is 0 Å². The van der Waals surface area contributed by atoms with Gasteiger partial charge < -0.3 is 10.1 Å². The lowest BCUT2D eigenvalue weighted by Crippen LogP contribution is -2.22. The average molecular weight is 265 g/mol. The summed E-state index contributed by atoms with van der Waals surface area (Å²) < 4.78 is 5.57. The highest BCUT2D eigenvalue weighted by molar-refractivity contribution is 7.98. The minimum atomic E-state index is 0.489. The van der Waals surface area contributed by atoms with Crippen LogP contribution in [0.15, 0.2) is 18.2 Å².